The molecule has 2 N–H and O–H groups in total. The summed E-state index contributed by atoms with van der Waals surface area (Å²) in [5, 5.41) is 5.47. The average molecular weight is 449 g/mol. The number of amides is 2. The van der Waals surface area contributed by atoms with Crippen LogP contribution in [0.2, 0.25) is 0 Å². The number of carbonyl (C=O) groups excluding carboxylic acids is 3. The van der Waals surface area contributed by atoms with Crippen molar-refractivity contribution >= 4 is 33.9 Å². The molecule has 0 aromatic heterocycles. The van der Waals surface area contributed by atoms with Crippen LogP contribution in [0.1, 0.15) is 22.8 Å². The van der Waals surface area contributed by atoms with Crippen molar-refractivity contribution in [2.24, 2.45) is 0 Å². The lowest BCUT2D eigenvalue weighted by atomic mass is 10.1. The zero-order valence-corrected chi connectivity index (χ0v) is 17.0. The Kier molecular flexibility index (Phi) is 8.48. The quantitative estimate of drug-likeness (QED) is 0.367. The average Bonchev–Trinajstić information content (AvgIpc) is 2.67. The molecule has 0 bridgehead atoms. The van der Waals surface area contributed by atoms with Gasteiger partial charge >= 0.3 is 6.16 Å². The number of carbonyl (C=O) groups is 3. The van der Waals surface area contributed by atoms with Gasteiger partial charge in [-0.25, -0.2) is 4.79 Å². The van der Waals surface area contributed by atoms with Crippen molar-refractivity contribution in [3.8, 4) is 5.75 Å². The Morgan fingerprint density at radius 1 is 0.929 bits per heavy atom. The zero-order valence-electron chi connectivity index (χ0n) is 15.4. The number of hydrogen-bond acceptors (Lipinski definition) is 5. The van der Waals surface area contributed by atoms with Crippen LogP contribution < -0.4 is 15.4 Å². The topological polar surface area (TPSA) is 93.7 Å². The maximum atomic E-state index is 12.1. The molecule has 2 aromatic carbocycles. The molecule has 28 heavy (non-hydrogen) atoms. The molecule has 0 saturated heterocycles. The first kappa shape index (κ1) is 21.4. The summed E-state index contributed by atoms with van der Waals surface area (Å²) in [7, 11) is 0. The normalized spacial score (nSPS) is 10.1. The number of benzene rings is 2. The van der Waals surface area contributed by atoms with Gasteiger partial charge in [-0.2, -0.15) is 0 Å². The van der Waals surface area contributed by atoms with Crippen LogP contribution in [0.4, 0.5) is 4.79 Å². The summed E-state index contributed by atoms with van der Waals surface area (Å²) in [6.07, 6.45) is -0.512. The molecule has 0 atom stereocenters. The fourth-order valence-corrected chi connectivity index (χ4v) is 2.51. The number of hydrogen-bond donors (Lipinski definition) is 2. The van der Waals surface area contributed by atoms with Gasteiger partial charge in [0.25, 0.3) is 5.91 Å². The third-order valence-electron chi connectivity index (χ3n) is 3.59. The number of nitrogens with one attached hydrogen (secondary N) is 2. The number of rotatable bonds is 8. The number of halogens is 1. The van der Waals surface area contributed by atoms with Gasteiger partial charge in [0.05, 0.1) is 13.0 Å². The third-order valence-corrected chi connectivity index (χ3v) is 4.12. The van der Waals surface area contributed by atoms with Gasteiger partial charge in [-0.15, -0.1) is 0 Å². The third kappa shape index (κ3) is 7.40. The standard InChI is InChI=1S/C20H21BrN2O5/c1-2-27-20(26)28-17-9-5-15(6-10-17)19(25)23-12-11-22-18(24)13-14-3-7-16(21)8-4-14/h3-10H,2,11-13H2,1H3,(H,22,24)(H,23,25). The fourth-order valence-electron chi connectivity index (χ4n) is 2.25. The highest BCUT2D eigenvalue weighted by Crippen LogP contribution is 2.13. The molecule has 0 unspecified atom stereocenters. The van der Waals surface area contributed by atoms with Crippen LogP contribution in [-0.4, -0.2) is 37.7 Å². The second-order valence-corrected chi connectivity index (χ2v) is 6.63. The predicted molar refractivity (Wildman–Crippen MR) is 107 cm³/mol. The molecule has 0 spiro atoms. The monoisotopic (exact) mass is 448 g/mol. The molecular formula is C20H21BrN2O5. The van der Waals surface area contributed by atoms with Crippen molar-refractivity contribution in [1.29, 1.82) is 0 Å². The van der Waals surface area contributed by atoms with Gasteiger partial charge in [-0.05, 0) is 48.9 Å². The molecule has 2 rings (SSSR count). The van der Waals surface area contributed by atoms with E-state index in [1.807, 2.05) is 24.3 Å². The second-order valence-electron chi connectivity index (χ2n) is 5.72. The molecule has 0 saturated carbocycles. The maximum absolute atomic E-state index is 12.1. The Hall–Kier alpha value is -2.87. The van der Waals surface area contributed by atoms with Gasteiger partial charge in [-0.1, -0.05) is 28.1 Å². The lowest BCUT2D eigenvalue weighted by Crippen LogP contribution is -2.35. The summed E-state index contributed by atoms with van der Waals surface area (Å²) in [5.74, 6) is -0.114. The van der Waals surface area contributed by atoms with Gasteiger partial charge < -0.3 is 20.1 Å². The minimum atomic E-state index is -0.793. The molecule has 0 heterocycles. The highest BCUT2D eigenvalue weighted by Gasteiger charge is 2.08. The second kappa shape index (κ2) is 11.1. The van der Waals surface area contributed by atoms with E-state index in [1.165, 1.54) is 24.3 Å². The van der Waals surface area contributed by atoms with Gasteiger partial charge in [0.15, 0.2) is 0 Å². The maximum Gasteiger partial charge on any atom is 0.513 e. The molecule has 0 radical (unpaired) electrons. The van der Waals surface area contributed by atoms with Gasteiger partial charge in [0.1, 0.15) is 5.75 Å². The molecule has 2 aromatic rings. The van der Waals surface area contributed by atoms with Crippen LogP contribution in [0.3, 0.4) is 0 Å². The lowest BCUT2D eigenvalue weighted by molar-refractivity contribution is -0.120. The van der Waals surface area contributed by atoms with E-state index in [4.69, 9.17) is 4.74 Å². The van der Waals surface area contributed by atoms with Crippen LogP contribution in [0.25, 0.3) is 0 Å². The van der Waals surface area contributed by atoms with Gasteiger partial charge in [0, 0.05) is 23.1 Å². The van der Waals surface area contributed by atoms with E-state index < -0.39 is 6.16 Å². The van der Waals surface area contributed by atoms with Crippen molar-refractivity contribution in [2.75, 3.05) is 19.7 Å². The van der Waals surface area contributed by atoms with E-state index >= 15 is 0 Å². The fraction of sp³-hybridized carbons (Fsp3) is 0.250. The summed E-state index contributed by atoms with van der Waals surface area (Å²) >= 11 is 3.35. The zero-order chi connectivity index (χ0) is 20.4. The van der Waals surface area contributed by atoms with Crippen LogP contribution in [0.5, 0.6) is 5.75 Å². The molecule has 7 nitrogen and oxygen atoms in total. The van der Waals surface area contributed by atoms with Gasteiger partial charge in [0.2, 0.25) is 5.91 Å². The SMILES string of the molecule is CCOC(=O)Oc1ccc(C(=O)NCCNC(=O)Cc2ccc(Br)cc2)cc1. The van der Waals surface area contributed by atoms with Crippen LogP contribution in [-0.2, 0) is 16.0 Å². The van der Waals surface area contributed by atoms with E-state index in [9.17, 15) is 14.4 Å². The van der Waals surface area contributed by atoms with Crippen molar-refractivity contribution < 1.29 is 23.9 Å². The van der Waals surface area contributed by atoms with Crippen molar-refractivity contribution in [3.05, 3.63) is 64.1 Å². The van der Waals surface area contributed by atoms with Crippen molar-refractivity contribution in [3.63, 3.8) is 0 Å². The molecule has 0 aliphatic rings. The van der Waals surface area contributed by atoms with Crippen LogP contribution in [0, 0.1) is 0 Å². The first-order chi connectivity index (χ1) is 13.5. The Bertz CT molecular complexity index is 806. The largest absolute Gasteiger partial charge is 0.513 e. The molecule has 0 aliphatic heterocycles. The van der Waals surface area contributed by atoms with E-state index in [-0.39, 0.29) is 30.6 Å². The smallest absolute Gasteiger partial charge is 0.434 e. The summed E-state index contributed by atoms with van der Waals surface area (Å²) in [4.78, 5) is 35.2. The lowest BCUT2D eigenvalue weighted by Gasteiger charge is -2.08. The minimum Gasteiger partial charge on any atom is -0.434 e. The van der Waals surface area contributed by atoms with E-state index in [0.717, 1.165) is 10.0 Å². The molecule has 0 aliphatic carbocycles. The van der Waals surface area contributed by atoms with Crippen molar-refractivity contribution in [1.82, 2.24) is 10.6 Å². The summed E-state index contributed by atoms with van der Waals surface area (Å²) in [6.45, 7) is 2.52. The Morgan fingerprint density at radius 3 is 2.21 bits per heavy atom. The minimum absolute atomic E-state index is 0.114. The Labute approximate surface area is 171 Å². The first-order valence-electron chi connectivity index (χ1n) is 8.72. The molecule has 148 valence electrons. The molecule has 0 fully saturated rings. The number of ether oxygens (including phenoxy) is 2. The Morgan fingerprint density at radius 2 is 1.57 bits per heavy atom. The molecule has 2 amide bonds. The van der Waals surface area contributed by atoms with E-state index in [2.05, 4.69) is 31.3 Å². The molecule has 8 heteroatoms. The highest BCUT2D eigenvalue weighted by molar-refractivity contribution is 9.10. The summed E-state index contributed by atoms with van der Waals surface area (Å²) < 4.78 is 10.6. The highest BCUT2D eigenvalue weighted by atomic mass is 79.9. The predicted octanol–water partition coefficient (Wildman–Crippen LogP) is 3.07. The van der Waals surface area contributed by atoms with Gasteiger partial charge in [-0.3, -0.25) is 9.59 Å². The van der Waals surface area contributed by atoms with E-state index in [1.54, 1.807) is 6.92 Å². The molecular weight excluding hydrogens is 428 g/mol. The summed E-state index contributed by atoms with van der Waals surface area (Å²) in [5.41, 5.74) is 1.33. The summed E-state index contributed by atoms with van der Waals surface area (Å²) in [6, 6.07) is 13.6. The van der Waals surface area contributed by atoms with Crippen LogP contribution >= 0.6 is 15.9 Å². The Balaban J connectivity index is 1.69. The van der Waals surface area contributed by atoms with Crippen LogP contribution in [0.15, 0.2) is 53.0 Å². The first-order valence-corrected chi connectivity index (χ1v) is 9.51. The van der Waals surface area contributed by atoms with Crippen molar-refractivity contribution in [2.45, 2.75) is 13.3 Å². The van der Waals surface area contributed by atoms with E-state index in [0.29, 0.717) is 18.7 Å².